The largest absolute Gasteiger partial charge is 0.437 e. The van der Waals surface area contributed by atoms with E-state index in [2.05, 4.69) is 75.8 Å². The van der Waals surface area contributed by atoms with Crippen molar-refractivity contribution in [2.24, 2.45) is 0 Å². The Morgan fingerprint density at radius 2 is 1.04 bits per heavy atom. The second-order valence-electron chi connectivity index (χ2n) is 9.30. The zero-order chi connectivity index (χ0) is 20.1. The maximum Gasteiger partial charge on any atom is 0.220 e. The fourth-order valence-corrected chi connectivity index (χ4v) is 3.11. The summed E-state index contributed by atoms with van der Waals surface area (Å²) in [5.41, 5.74) is 5.90. The molecule has 0 aliphatic carbocycles. The Kier molecular flexibility index (Phi) is 4.18. The van der Waals surface area contributed by atoms with Crippen LogP contribution in [0, 0.1) is 0 Å². The van der Waals surface area contributed by atoms with Gasteiger partial charge in [0.2, 0.25) is 11.8 Å². The summed E-state index contributed by atoms with van der Waals surface area (Å²) in [5.74, 6) is 1.08. The molecule has 4 heteroatoms. The number of oxazole rings is 2. The molecule has 2 aromatic heterocycles. The van der Waals surface area contributed by atoms with Crippen molar-refractivity contribution in [1.82, 2.24) is 9.97 Å². The molecule has 28 heavy (non-hydrogen) atoms. The van der Waals surface area contributed by atoms with Gasteiger partial charge in [-0.15, -0.1) is 0 Å². The molecule has 0 aliphatic rings. The fourth-order valence-electron chi connectivity index (χ4n) is 3.11. The summed E-state index contributed by atoms with van der Waals surface area (Å²) in [6, 6.07) is 12.3. The van der Waals surface area contributed by atoms with Gasteiger partial charge in [-0.3, -0.25) is 0 Å². The van der Waals surface area contributed by atoms with Gasteiger partial charge in [0.25, 0.3) is 0 Å². The van der Waals surface area contributed by atoms with Gasteiger partial charge in [0.05, 0.1) is 0 Å². The lowest BCUT2D eigenvalue weighted by molar-refractivity contribution is 0.580. The van der Waals surface area contributed by atoms with Gasteiger partial charge in [-0.2, -0.15) is 0 Å². The van der Waals surface area contributed by atoms with Crippen molar-refractivity contribution < 1.29 is 8.83 Å². The third-order valence-electron chi connectivity index (χ3n) is 4.91. The SMILES string of the molecule is CC(C)(C)c1ccc2oc(/C=C/c3nc4cc(C(C)(C)C)ccc4o3)nc2c1. The van der Waals surface area contributed by atoms with E-state index in [0.29, 0.717) is 11.8 Å². The molecule has 0 unspecified atom stereocenters. The summed E-state index contributed by atoms with van der Waals surface area (Å²) in [6.45, 7) is 13.1. The van der Waals surface area contributed by atoms with E-state index in [1.165, 1.54) is 11.1 Å². The summed E-state index contributed by atoms with van der Waals surface area (Å²) in [5, 5.41) is 0. The highest BCUT2D eigenvalue weighted by Gasteiger charge is 2.16. The Labute approximate surface area is 165 Å². The molecule has 2 heterocycles. The lowest BCUT2D eigenvalue weighted by atomic mass is 9.87. The Balaban J connectivity index is 1.63. The van der Waals surface area contributed by atoms with Crippen LogP contribution in [-0.4, -0.2) is 9.97 Å². The summed E-state index contributed by atoms with van der Waals surface area (Å²) >= 11 is 0. The number of hydrogen-bond acceptors (Lipinski definition) is 4. The van der Waals surface area contributed by atoms with E-state index >= 15 is 0 Å². The molecule has 0 N–H and O–H groups in total. The van der Waals surface area contributed by atoms with Crippen molar-refractivity contribution in [2.75, 3.05) is 0 Å². The van der Waals surface area contributed by atoms with Crippen LogP contribution in [-0.2, 0) is 10.8 Å². The van der Waals surface area contributed by atoms with Gasteiger partial charge in [0.1, 0.15) is 11.0 Å². The van der Waals surface area contributed by atoms with E-state index in [4.69, 9.17) is 8.83 Å². The molecule has 0 bridgehead atoms. The van der Waals surface area contributed by atoms with Crippen LogP contribution in [0.5, 0.6) is 0 Å². The molecule has 0 fully saturated rings. The van der Waals surface area contributed by atoms with Gasteiger partial charge in [-0.25, -0.2) is 9.97 Å². The zero-order valence-electron chi connectivity index (χ0n) is 17.3. The molecule has 2 aromatic carbocycles. The number of hydrogen-bond donors (Lipinski definition) is 0. The zero-order valence-corrected chi connectivity index (χ0v) is 17.3. The lowest BCUT2D eigenvalue weighted by Gasteiger charge is -2.18. The number of benzene rings is 2. The van der Waals surface area contributed by atoms with Crippen molar-refractivity contribution in [1.29, 1.82) is 0 Å². The molecule has 0 saturated heterocycles. The third kappa shape index (κ3) is 3.59. The van der Waals surface area contributed by atoms with Gasteiger partial charge in [0, 0.05) is 12.2 Å². The Bertz CT molecular complexity index is 1090. The molecule has 0 atom stereocenters. The quantitative estimate of drug-likeness (QED) is 0.390. The number of rotatable bonds is 2. The van der Waals surface area contributed by atoms with E-state index in [0.717, 1.165) is 22.2 Å². The normalized spacial score (nSPS) is 13.2. The third-order valence-corrected chi connectivity index (χ3v) is 4.91. The highest BCUT2D eigenvalue weighted by molar-refractivity contribution is 5.78. The maximum atomic E-state index is 5.83. The van der Waals surface area contributed by atoms with Crippen molar-refractivity contribution in [3.05, 3.63) is 59.3 Å². The fraction of sp³-hybridized carbons (Fsp3) is 0.333. The Morgan fingerprint density at radius 3 is 1.39 bits per heavy atom. The second-order valence-corrected chi connectivity index (χ2v) is 9.30. The van der Waals surface area contributed by atoms with E-state index in [1.54, 1.807) is 12.2 Å². The first-order chi connectivity index (χ1) is 13.1. The van der Waals surface area contributed by atoms with Crippen LogP contribution < -0.4 is 0 Å². The maximum absolute atomic E-state index is 5.83. The summed E-state index contributed by atoms with van der Waals surface area (Å²) in [4.78, 5) is 9.16. The first-order valence-electron chi connectivity index (χ1n) is 9.60. The van der Waals surface area contributed by atoms with Crippen molar-refractivity contribution in [2.45, 2.75) is 52.4 Å². The Hall–Kier alpha value is -2.88. The smallest absolute Gasteiger partial charge is 0.220 e. The molecule has 0 aliphatic heterocycles. The molecular formula is C24H26N2O2. The van der Waals surface area contributed by atoms with Crippen LogP contribution in [0.4, 0.5) is 0 Å². The standard InChI is InChI=1S/C24H26N2O2/c1-23(2,3)15-7-9-19-17(13-15)25-21(27-19)11-12-22-26-18-14-16(24(4,5)6)8-10-20(18)28-22/h7-14H,1-6H3/b12-11+. The van der Waals surface area contributed by atoms with Crippen molar-refractivity contribution >= 4 is 34.4 Å². The molecule has 4 aromatic rings. The summed E-state index contributed by atoms with van der Waals surface area (Å²) < 4.78 is 11.7. The van der Waals surface area contributed by atoms with E-state index in [1.807, 2.05) is 12.1 Å². The predicted molar refractivity (Wildman–Crippen MR) is 114 cm³/mol. The van der Waals surface area contributed by atoms with Crippen LogP contribution in [0.1, 0.15) is 64.5 Å². The lowest BCUT2D eigenvalue weighted by Crippen LogP contribution is -2.10. The second kappa shape index (κ2) is 6.33. The van der Waals surface area contributed by atoms with Crippen LogP contribution in [0.3, 0.4) is 0 Å². The number of fused-ring (bicyclic) bond motifs is 2. The molecule has 0 amide bonds. The first kappa shape index (κ1) is 18.5. The van der Waals surface area contributed by atoms with Gasteiger partial charge in [-0.1, -0.05) is 53.7 Å². The highest BCUT2D eigenvalue weighted by Crippen LogP contribution is 2.28. The summed E-state index contributed by atoms with van der Waals surface area (Å²) in [6.07, 6.45) is 3.60. The first-order valence-corrected chi connectivity index (χ1v) is 9.60. The van der Waals surface area contributed by atoms with Crippen molar-refractivity contribution in [3.8, 4) is 0 Å². The van der Waals surface area contributed by atoms with Crippen molar-refractivity contribution in [3.63, 3.8) is 0 Å². The minimum atomic E-state index is 0.0766. The Morgan fingerprint density at radius 1 is 0.643 bits per heavy atom. The van der Waals surface area contributed by atoms with E-state index in [9.17, 15) is 0 Å². The molecule has 0 saturated carbocycles. The highest BCUT2D eigenvalue weighted by atomic mass is 16.4. The summed E-state index contributed by atoms with van der Waals surface area (Å²) in [7, 11) is 0. The van der Waals surface area contributed by atoms with Crippen LogP contribution in [0.2, 0.25) is 0 Å². The van der Waals surface area contributed by atoms with Crippen LogP contribution >= 0.6 is 0 Å². The van der Waals surface area contributed by atoms with Crippen LogP contribution in [0.15, 0.2) is 45.2 Å². The average Bonchev–Trinajstić information content (AvgIpc) is 3.19. The molecule has 4 rings (SSSR count). The average molecular weight is 374 g/mol. The predicted octanol–water partition coefficient (Wildman–Crippen LogP) is 6.73. The molecular weight excluding hydrogens is 348 g/mol. The molecule has 0 radical (unpaired) electrons. The van der Waals surface area contributed by atoms with E-state index in [-0.39, 0.29) is 10.8 Å². The van der Waals surface area contributed by atoms with Gasteiger partial charge in [0.15, 0.2) is 11.2 Å². The number of aromatic nitrogens is 2. The minimum Gasteiger partial charge on any atom is -0.437 e. The molecule has 144 valence electrons. The van der Waals surface area contributed by atoms with E-state index < -0.39 is 0 Å². The minimum absolute atomic E-state index is 0.0766. The number of nitrogens with zero attached hydrogens (tertiary/aromatic N) is 2. The van der Waals surface area contributed by atoms with Gasteiger partial charge in [-0.05, 0) is 46.2 Å². The van der Waals surface area contributed by atoms with Gasteiger partial charge >= 0.3 is 0 Å². The van der Waals surface area contributed by atoms with Crippen LogP contribution in [0.25, 0.3) is 34.4 Å². The topological polar surface area (TPSA) is 52.1 Å². The monoisotopic (exact) mass is 374 g/mol. The molecule has 0 spiro atoms. The molecule has 4 nitrogen and oxygen atoms in total. The van der Waals surface area contributed by atoms with Gasteiger partial charge < -0.3 is 8.83 Å².